The Labute approximate surface area is 254 Å². The van der Waals surface area contributed by atoms with Gasteiger partial charge in [-0.3, -0.25) is 19.3 Å². The van der Waals surface area contributed by atoms with Gasteiger partial charge in [0, 0.05) is 21.3 Å². The summed E-state index contributed by atoms with van der Waals surface area (Å²) >= 11 is 15.2. The molecule has 202 valence electrons. The Kier molecular flexibility index (Phi) is 9.81. The maximum Gasteiger partial charge on any atom is 0.294 e. The van der Waals surface area contributed by atoms with Crippen molar-refractivity contribution in [2.75, 3.05) is 18.5 Å². The van der Waals surface area contributed by atoms with E-state index in [0.29, 0.717) is 39.4 Å². The number of amides is 3. The number of carbonyl (C=O) groups is 3. The molecule has 4 rings (SSSR count). The highest BCUT2D eigenvalue weighted by Crippen LogP contribution is 2.38. The van der Waals surface area contributed by atoms with Crippen molar-refractivity contribution < 1.29 is 23.9 Å². The smallest absolute Gasteiger partial charge is 0.294 e. The first-order chi connectivity index (χ1) is 18.6. The molecule has 3 aromatic carbocycles. The summed E-state index contributed by atoms with van der Waals surface area (Å²) in [5.41, 5.74) is 2.99. The number of rotatable bonds is 9. The zero-order valence-corrected chi connectivity index (χ0v) is 25.4. The predicted octanol–water partition coefficient (Wildman–Crippen LogP) is 7.56. The van der Waals surface area contributed by atoms with Gasteiger partial charge in [-0.05, 0) is 102 Å². The topological polar surface area (TPSA) is 84.9 Å². The van der Waals surface area contributed by atoms with Crippen LogP contribution in [0.1, 0.15) is 23.6 Å². The van der Waals surface area contributed by atoms with E-state index in [1.54, 1.807) is 42.5 Å². The number of imide groups is 1. The molecule has 1 aliphatic heterocycles. The van der Waals surface area contributed by atoms with E-state index in [1.807, 2.05) is 32.0 Å². The Bertz CT molecular complexity index is 1480. The fourth-order valence-electron chi connectivity index (χ4n) is 3.72. The number of halogens is 3. The van der Waals surface area contributed by atoms with Crippen LogP contribution in [0.4, 0.5) is 10.5 Å². The van der Waals surface area contributed by atoms with E-state index in [-0.39, 0.29) is 18.1 Å². The molecule has 1 N–H and O–H groups in total. The molecule has 0 bridgehead atoms. The van der Waals surface area contributed by atoms with Crippen molar-refractivity contribution >= 4 is 86.4 Å². The van der Waals surface area contributed by atoms with Crippen LogP contribution < -0.4 is 14.8 Å². The van der Waals surface area contributed by atoms with Crippen LogP contribution in [-0.4, -0.2) is 35.1 Å². The normalized spacial score (nSPS) is 14.2. The SMILES string of the molecule is CCOc1cc(/C=C2\SC(=O)N(CC(=O)Nc3cccc(C)c3)C2=O)cc(I)c1OCc1ccc(Cl)cc1Cl. The van der Waals surface area contributed by atoms with Crippen molar-refractivity contribution in [3.05, 3.63) is 89.8 Å². The van der Waals surface area contributed by atoms with E-state index in [0.717, 1.165) is 31.4 Å². The molecule has 7 nitrogen and oxygen atoms in total. The van der Waals surface area contributed by atoms with Crippen LogP contribution in [0.3, 0.4) is 0 Å². The van der Waals surface area contributed by atoms with Gasteiger partial charge in [0.25, 0.3) is 11.1 Å². The molecule has 3 amide bonds. The number of thioether (sulfide) groups is 1. The van der Waals surface area contributed by atoms with Crippen molar-refractivity contribution in [3.8, 4) is 11.5 Å². The summed E-state index contributed by atoms with van der Waals surface area (Å²) in [5, 5.41) is 3.24. The molecule has 1 aliphatic rings. The van der Waals surface area contributed by atoms with Gasteiger partial charge in [-0.2, -0.15) is 0 Å². The summed E-state index contributed by atoms with van der Waals surface area (Å²) in [7, 11) is 0. The first kappa shape index (κ1) is 29.3. The van der Waals surface area contributed by atoms with Crippen molar-refractivity contribution in [3.63, 3.8) is 0 Å². The number of aryl methyl sites for hydroxylation is 1. The van der Waals surface area contributed by atoms with E-state index in [2.05, 4.69) is 27.9 Å². The summed E-state index contributed by atoms with van der Waals surface area (Å²) in [4.78, 5) is 39.2. The standard InChI is InChI=1S/C28H23Cl2IN2O5S/c1-3-37-23-11-17(10-22(31)26(23)38-15-18-7-8-19(29)13-21(18)30)12-24-27(35)33(28(36)39-24)14-25(34)32-20-6-4-5-16(2)9-20/h4-13H,3,14-15H2,1-2H3,(H,32,34)/b24-12-. The number of hydrogen-bond donors (Lipinski definition) is 1. The van der Waals surface area contributed by atoms with E-state index in [9.17, 15) is 14.4 Å². The first-order valence-electron chi connectivity index (χ1n) is 11.8. The summed E-state index contributed by atoms with van der Waals surface area (Å²) in [6.45, 7) is 3.98. The summed E-state index contributed by atoms with van der Waals surface area (Å²) in [6.07, 6.45) is 1.61. The second-order valence-electron chi connectivity index (χ2n) is 8.47. The predicted molar refractivity (Wildman–Crippen MR) is 164 cm³/mol. The molecule has 0 radical (unpaired) electrons. The van der Waals surface area contributed by atoms with Gasteiger partial charge < -0.3 is 14.8 Å². The quantitative estimate of drug-likeness (QED) is 0.184. The average molecular weight is 697 g/mol. The minimum atomic E-state index is -0.532. The fraction of sp³-hybridized carbons (Fsp3) is 0.179. The van der Waals surface area contributed by atoms with E-state index >= 15 is 0 Å². The lowest BCUT2D eigenvalue weighted by Crippen LogP contribution is -2.36. The second-order valence-corrected chi connectivity index (χ2v) is 11.5. The number of ether oxygens (including phenoxy) is 2. The molecule has 1 saturated heterocycles. The van der Waals surface area contributed by atoms with Crippen LogP contribution in [0.2, 0.25) is 10.0 Å². The van der Waals surface area contributed by atoms with Crippen LogP contribution in [-0.2, 0) is 16.2 Å². The third kappa shape index (κ3) is 7.47. The zero-order chi connectivity index (χ0) is 28.1. The van der Waals surface area contributed by atoms with Crippen LogP contribution in [0.25, 0.3) is 6.08 Å². The molecule has 0 spiro atoms. The Morgan fingerprint density at radius 1 is 1.10 bits per heavy atom. The number of anilines is 1. The largest absolute Gasteiger partial charge is 0.490 e. The Morgan fingerprint density at radius 2 is 1.90 bits per heavy atom. The van der Waals surface area contributed by atoms with Crippen molar-refractivity contribution in [2.45, 2.75) is 20.5 Å². The minimum absolute atomic E-state index is 0.203. The molecule has 39 heavy (non-hydrogen) atoms. The summed E-state index contributed by atoms with van der Waals surface area (Å²) < 4.78 is 12.6. The number of nitrogens with zero attached hydrogens (tertiary/aromatic N) is 1. The number of hydrogen-bond acceptors (Lipinski definition) is 6. The minimum Gasteiger partial charge on any atom is -0.490 e. The molecule has 0 aliphatic carbocycles. The fourth-order valence-corrected chi connectivity index (χ4v) is 5.80. The van der Waals surface area contributed by atoms with Gasteiger partial charge in [0.1, 0.15) is 13.2 Å². The van der Waals surface area contributed by atoms with E-state index < -0.39 is 17.1 Å². The highest BCUT2D eigenvalue weighted by molar-refractivity contribution is 14.1. The molecular weight excluding hydrogens is 674 g/mol. The Balaban J connectivity index is 1.50. The molecule has 1 fully saturated rings. The molecule has 0 unspecified atom stereocenters. The number of benzene rings is 3. The van der Waals surface area contributed by atoms with Gasteiger partial charge in [0.2, 0.25) is 5.91 Å². The molecule has 0 aromatic heterocycles. The van der Waals surface area contributed by atoms with Crippen molar-refractivity contribution in [1.82, 2.24) is 4.90 Å². The van der Waals surface area contributed by atoms with Crippen LogP contribution in [0.5, 0.6) is 11.5 Å². The van der Waals surface area contributed by atoms with Crippen molar-refractivity contribution in [1.29, 1.82) is 0 Å². The van der Waals surface area contributed by atoms with Gasteiger partial charge in [-0.1, -0.05) is 41.4 Å². The molecule has 1 heterocycles. The highest BCUT2D eigenvalue weighted by atomic mass is 127. The molecule has 3 aromatic rings. The number of carbonyl (C=O) groups excluding carboxylic acids is 3. The Hall–Kier alpha value is -2.73. The van der Waals surface area contributed by atoms with Crippen LogP contribution in [0, 0.1) is 10.5 Å². The lowest BCUT2D eigenvalue weighted by Gasteiger charge is -2.15. The van der Waals surface area contributed by atoms with Gasteiger partial charge in [0.05, 0.1) is 15.1 Å². The highest BCUT2D eigenvalue weighted by Gasteiger charge is 2.36. The maximum atomic E-state index is 13.0. The summed E-state index contributed by atoms with van der Waals surface area (Å²) in [5.74, 6) is 0.0220. The molecular formula is C28H23Cl2IN2O5S. The lowest BCUT2D eigenvalue weighted by molar-refractivity contribution is -0.127. The first-order valence-corrected chi connectivity index (χ1v) is 14.4. The van der Waals surface area contributed by atoms with Gasteiger partial charge in [0.15, 0.2) is 11.5 Å². The van der Waals surface area contributed by atoms with Crippen LogP contribution in [0.15, 0.2) is 59.5 Å². The number of nitrogens with one attached hydrogen (secondary N) is 1. The van der Waals surface area contributed by atoms with Crippen LogP contribution >= 0.6 is 57.6 Å². The summed E-state index contributed by atoms with van der Waals surface area (Å²) in [6, 6.07) is 16.0. The third-order valence-electron chi connectivity index (χ3n) is 5.49. The Morgan fingerprint density at radius 3 is 2.62 bits per heavy atom. The average Bonchev–Trinajstić information content (AvgIpc) is 3.12. The third-order valence-corrected chi connectivity index (χ3v) is 7.79. The molecule has 0 atom stereocenters. The van der Waals surface area contributed by atoms with Crippen molar-refractivity contribution in [2.24, 2.45) is 0 Å². The zero-order valence-electron chi connectivity index (χ0n) is 20.9. The van der Waals surface area contributed by atoms with Gasteiger partial charge in [-0.15, -0.1) is 0 Å². The van der Waals surface area contributed by atoms with E-state index in [4.69, 9.17) is 32.7 Å². The molecule has 0 saturated carbocycles. The van der Waals surface area contributed by atoms with E-state index in [1.165, 1.54) is 0 Å². The lowest BCUT2D eigenvalue weighted by atomic mass is 10.1. The molecule has 11 heteroatoms. The maximum absolute atomic E-state index is 13.0. The monoisotopic (exact) mass is 696 g/mol. The van der Waals surface area contributed by atoms with Gasteiger partial charge in [-0.25, -0.2) is 0 Å². The van der Waals surface area contributed by atoms with Gasteiger partial charge >= 0.3 is 0 Å². The second kappa shape index (κ2) is 13.1.